The van der Waals surface area contributed by atoms with E-state index >= 15 is 0 Å². The van der Waals surface area contributed by atoms with E-state index in [1.807, 2.05) is 18.2 Å². The molecule has 0 aromatic heterocycles. The minimum absolute atomic E-state index is 0.280. The van der Waals surface area contributed by atoms with Gasteiger partial charge in [-0.2, -0.15) is 0 Å². The lowest BCUT2D eigenvalue weighted by molar-refractivity contribution is 0.0696. The largest absolute Gasteiger partial charge is 0.478 e. The van der Waals surface area contributed by atoms with Crippen molar-refractivity contribution in [1.29, 1.82) is 0 Å². The van der Waals surface area contributed by atoms with Gasteiger partial charge in [0, 0.05) is 10.6 Å². The number of hydrogen-bond donors (Lipinski definition) is 1. The SMILES string of the molecule is O=C(O)c1cccc(SCc2cccc(Cl)c2Cl)c1. The zero-order chi connectivity index (χ0) is 13.8. The van der Waals surface area contributed by atoms with Gasteiger partial charge in [0.05, 0.1) is 15.6 Å². The topological polar surface area (TPSA) is 37.3 Å². The predicted molar refractivity (Wildman–Crippen MR) is 79.4 cm³/mol. The Morgan fingerprint density at radius 1 is 1.16 bits per heavy atom. The molecule has 2 aromatic carbocycles. The Labute approximate surface area is 125 Å². The van der Waals surface area contributed by atoms with Gasteiger partial charge in [-0.05, 0) is 29.8 Å². The Morgan fingerprint density at radius 2 is 1.89 bits per heavy atom. The fourth-order valence-corrected chi connectivity index (χ4v) is 2.95. The fraction of sp³-hybridized carbons (Fsp3) is 0.0714. The van der Waals surface area contributed by atoms with E-state index in [1.165, 1.54) is 11.8 Å². The van der Waals surface area contributed by atoms with E-state index in [1.54, 1.807) is 24.3 Å². The monoisotopic (exact) mass is 312 g/mol. The zero-order valence-electron chi connectivity index (χ0n) is 9.77. The number of carboxylic acids is 1. The zero-order valence-corrected chi connectivity index (χ0v) is 12.1. The number of halogens is 2. The number of rotatable bonds is 4. The summed E-state index contributed by atoms with van der Waals surface area (Å²) in [5.74, 6) is -0.286. The average Bonchev–Trinajstić information content (AvgIpc) is 2.41. The Balaban J connectivity index is 2.12. The number of hydrogen-bond acceptors (Lipinski definition) is 2. The average molecular weight is 313 g/mol. The lowest BCUT2D eigenvalue weighted by Gasteiger charge is -2.06. The van der Waals surface area contributed by atoms with Crippen molar-refractivity contribution in [3.63, 3.8) is 0 Å². The summed E-state index contributed by atoms with van der Waals surface area (Å²) in [7, 11) is 0. The van der Waals surface area contributed by atoms with Gasteiger partial charge in [0.2, 0.25) is 0 Å². The van der Waals surface area contributed by atoms with E-state index in [9.17, 15) is 4.79 Å². The molecule has 0 amide bonds. The molecule has 0 bridgehead atoms. The van der Waals surface area contributed by atoms with E-state index in [0.29, 0.717) is 15.8 Å². The molecule has 0 saturated heterocycles. The molecular formula is C14H10Cl2O2S. The number of aromatic carboxylic acids is 1. The smallest absolute Gasteiger partial charge is 0.335 e. The Kier molecular flexibility index (Phi) is 4.75. The van der Waals surface area contributed by atoms with Crippen LogP contribution in [0.15, 0.2) is 47.4 Å². The van der Waals surface area contributed by atoms with Crippen molar-refractivity contribution in [2.24, 2.45) is 0 Å². The van der Waals surface area contributed by atoms with Crippen LogP contribution in [0, 0.1) is 0 Å². The van der Waals surface area contributed by atoms with Gasteiger partial charge < -0.3 is 5.11 Å². The van der Waals surface area contributed by atoms with Gasteiger partial charge in [0.25, 0.3) is 0 Å². The van der Waals surface area contributed by atoms with Crippen molar-refractivity contribution >= 4 is 40.9 Å². The summed E-state index contributed by atoms with van der Waals surface area (Å²) in [6, 6.07) is 12.3. The minimum atomic E-state index is -0.928. The number of benzene rings is 2. The summed E-state index contributed by atoms with van der Waals surface area (Å²) in [6.07, 6.45) is 0. The first-order chi connectivity index (χ1) is 9.08. The summed E-state index contributed by atoms with van der Waals surface area (Å²) < 4.78 is 0. The summed E-state index contributed by atoms with van der Waals surface area (Å²) in [4.78, 5) is 11.8. The van der Waals surface area contributed by atoms with Crippen molar-refractivity contribution < 1.29 is 9.90 Å². The van der Waals surface area contributed by atoms with Crippen molar-refractivity contribution in [2.45, 2.75) is 10.6 Å². The van der Waals surface area contributed by atoms with Crippen LogP contribution in [0.5, 0.6) is 0 Å². The number of thioether (sulfide) groups is 1. The highest BCUT2D eigenvalue weighted by atomic mass is 35.5. The van der Waals surface area contributed by atoms with Crippen LogP contribution < -0.4 is 0 Å². The minimum Gasteiger partial charge on any atom is -0.478 e. The maximum absolute atomic E-state index is 10.9. The molecule has 98 valence electrons. The highest BCUT2D eigenvalue weighted by molar-refractivity contribution is 7.98. The lowest BCUT2D eigenvalue weighted by Crippen LogP contribution is -1.95. The standard InChI is InChI=1S/C14H10Cl2O2S/c15-12-6-2-4-10(13(12)16)8-19-11-5-1-3-9(7-11)14(17)18/h1-7H,8H2,(H,17,18). The molecule has 5 heteroatoms. The molecule has 2 nitrogen and oxygen atoms in total. The molecule has 0 saturated carbocycles. The Hall–Kier alpha value is -1.16. The summed E-state index contributed by atoms with van der Waals surface area (Å²) in [5.41, 5.74) is 1.21. The number of carboxylic acid groups (broad SMARTS) is 1. The predicted octanol–water partition coefficient (Wildman–Crippen LogP) is 4.98. The van der Waals surface area contributed by atoms with E-state index in [4.69, 9.17) is 28.3 Å². The van der Waals surface area contributed by atoms with Gasteiger partial charge in [0.15, 0.2) is 0 Å². The van der Waals surface area contributed by atoms with E-state index in [0.717, 1.165) is 10.5 Å². The molecular weight excluding hydrogens is 303 g/mol. The van der Waals surface area contributed by atoms with Crippen LogP contribution >= 0.6 is 35.0 Å². The van der Waals surface area contributed by atoms with Crippen molar-refractivity contribution in [1.82, 2.24) is 0 Å². The molecule has 19 heavy (non-hydrogen) atoms. The van der Waals surface area contributed by atoms with Gasteiger partial charge in [-0.3, -0.25) is 0 Å². The van der Waals surface area contributed by atoms with Gasteiger partial charge >= 0.3 is 5.97 Å². The van der Waals surface area contributed by atoms with Crippen LogP contribution in [0.2, 0.25) is 10.0 Å². The number of carbonyl (C=O) groups is 1. The molecule has 0 atom stereocenters. The van der Waals surface area contributed by atoms with E-state index in [2.05, 4.69) is 0 Å². The normalized spacial score (nSPS) is 10.4. The molecule has 0 aliphatic rings. The second kappa shape index (κ2) is 6.33. The molecule has 0 radical (unpaired) electrons. The van der Waals surface area contributed by atoms with E-state index < -0.39 is 5.97 Å². The van der Waals surface area contributed by atoms with Gasteiger partial charge in [-0.15, -0.1) is 11.8 Å². The van der Waals surface area contributed by atoms with Crippen LogP contribution in [0.4, 0.5) is 0 Å². The van der Waals surface area contributed by atoms with E-state index in [-0.39, 0.29) is 5.56 Å². The first kappa shape index (κ1) is 14.3. The van der Waals surface area contributed by atoms with Crippen LogP contribution in [0.25, 0.3) is 0 Å². The van der Waals surface area contributed by atoms with Gasteiger partial charge in [-0.25, -0.2) is 4.79 Å². The van der Waals surface area contributed by atoms with Crippen LogP contribution in [-0.4, -0.2) is 11.1 Å². The second-order valence-electron chi connectivity index (χ2n) is 3.83. The molecule has 0 aliphatic carbocycles. The first-order valence-corrected chi connectivity index (χ1v) is 7.21. The molecule has 1 N–H and O–H groups in total. The molecule has 0 aliphatic heterocycles. The van der Waals surface area contributed by atoms with Crippen molar-refractivity contribution in [2.75, 3.05) is 0 Å². The maximum atomic E-state index is 10.9. The van der Waals surface area contributed by atoms with Crippen LogP contribution in [-0.2, 0) is 5.75 Å². The maximum Gasteiger partial charge on any atom is 0.335 e. The highest BCUT2D eigenvalue weighted by Crippen LogP contribution is 2.31. The van der Waals surface area contributed by atoms with Crippen molar-refractivity contribution in [3.8, 4) is 0 Å². The highest BCUT2D eigenvalue weighted by Gasteiger charge is 2.07. The van der Waals surface area contributed by atoms with Crippen molar-refractivity contribution in [3.05, 3.63) is 63.6 Å². The Bertz CT molecular complexity index is 614. The summed E-state index contributed by atoms with van der Waals surface area (Å²) >= 11 is 13.6. The van der Waals surface area contributed by atoms with Gasteiger partial charge in [-0.1, -0.05) is 41.4 Å². The molecule has 0 spiro atoms. The molecule has 0 unspecified atom stereocenters. The molecule has 0 fully saturated rings. The molecule has 2 aromatic rings. The Morgan fingerprint density at radius 3 is 2.63 bits per heavy atom. The summed E-state index contributed by atoms with van der Waals surface area (Å²) in [5, 5.41) is 10.0. The molecule has 0 heterocycles. The lowest BCUT2D eigenvalue weighted by atomic mass is 10.2. The third-order valence-electron chi connectivity index (χ3n) is 2.51. The summed E-state index contributed by atoms with van der Waals surface area (Å²) in [6.45, 7) is 0. The quantitative estimate of drug-likeness (QED) is 0.809. The third kappa shape index (κ3) is 3.66. The fourth-order valence-electron chi connectivity index (χ4n) is 1.54. The second-order valence-corrected chi connectivity index (χ2v) is 5.67. The molecule has 2 rings (SSSR count). The third-order valence-corrected chi connectivity index (χ3v) is 4.41. The van der Waals surface area contributed by atoms with Crippen LogP contribution in [0.3, 0.4) is 0 Å². The van der Waals surface area contributed by atoms with Gasteiger partial charge in [0.1, 0.15) is 0 Å². The van der Waals surface area contributed by atoms with Crippen LogP contribution in [0.1, 0.15) is 15.9 Å². The first-order valence-electron chi connectivity index (χ1n) is 5.47.